The van der Waals surface area contributed by atoms with E-state index in [0.29, 0.717) is 0 Å². The van der Waals surface area contributed by atoms with Gasteiger partial charge in [0, 0.05) is 16.8 Å². The van der Waals surface area contributed by atoms with Gasteiger partial charge in [0.15, 0.2) is 12.4 Å². The highest BCUT2D eigenvalue weighted by Gasteiger charge is 2.30. The van der Waals surface area contributed by atoms with E-state index < -0.39 is 23.5 Å². The molecule has 176 valence electrons. The molecule has 2 aromatic heterocycles. The summed E-state index contributed by atoms with van der Waals surface area (Å²) in [7, 11) is 0. The van der Waals surface area contributed by atoms with E-state index in [2.05, 4.69) is 20.5 Å². The summed E-state index contributed by atoms with van der Waals surface area (Å²) >= 11 is 6.00. The highest BCUT2D eigenvalue weighted by Crippen LogP contribution is 2.31. The maximum atomic E-state index is 13.9. The molecular weight excluding hydrogens is 480 g/mol. The number of nitrogens with zero attached hydrogens (tertiary/aromatic N) is 5. The number of alkyl halides is 3. The summed E-state index contributed by atoms with van der Waals surface area (Å²) in [5, 5.41) is 10.8. The van der Waals surface area contributed by atoms with Crippen LogP contribution in [0.15, 0.2) is 61.1 Å². The molecule has 4 aromatic rings. The monoisotopic (exact) mass is 494 g/mol. The standard InChI is InChI=1S/C21H15ClF4N6O2/c22-16-5-2-6-17(23)15(16)10-32-11-27-20(30-32)28-19(33)18-7-8-31(29-18)12-34-14-4-1-3-13(9-14)21(24,25)26/h1-9,11H,10,12H2,(H,28,30,33). The van der Waals surface area contributed by atoms with Crippen molar-refractivity contribution in [2.24, 2.45) is 0 Å². The minimum absolute atomic E-state index is 0.000947. The molecule has 2 heterocycles. The number of halogens is 5. The molecule has 2 aromatic carbocycles. The van der Waals surface area contributed by atoms with Gasteiger partial charge in [-0.3, -0.25) is 10.1 Å². The zero-order valence-corrected chi connectivity index (χ0v) is 17.9. The molecule has 8 nitrogen and oxygen atoms in total. The molecule has 1 amide bonds. The summed E-state index contributed by atoms with van der Waals surface area (Å²) in [6.45, 7) is -0.208. The Balaban J connectivity index is 1.35. The lowest BCUT2D eigenvalue weighted by molar-refractivity contribution is -0.137. The van der Waals surface area contributed by atoms with Crippen molar-refractivity contribution in [3.05, 3.63) is 88.7 Å². The van der Waals surface area contributed by atoms with Crippen LogP contribution in [0, 0.1) is 5.82 Å². The van der Waals surface area contributed by atoms with Crippen molar-refractivity contribution in [3.8, 4) is 5.75 Å². The third-order valence-electron chi connectivity index (χ3n) is 4.54. The second kappa shape index (κ2) is 9.51. The second-order valence-corrected chi connectivity index (χ2v) is 7.37. The number of ether oxygens (including phenoxy) is 1. The molecule has 0 aliphatic rings. The Bertz CT molecular complexity index is 1300. The summed E-state index contributed by atoms with van der Waals surface area (Å²) in [6, 6.07) is 10.1. The zero-order valence-electron chi connectivity index (χ0n) is 17.1. The molecule has 4 rings (SSSR count). The summed E-state index contributed by atoms with van der Waals surface area (Å²) < 4.78 is 60.2. The van der Waals surface area contributed by atoms with Crippen LogP contribution in [-0.2, 0) is 19.5 Å². The van der Waals surface area contributed by atoms with Gasteiger partial charge in [-0.05, 0) is 36.4 Å². The van der Waals surface area contributed by atoms with Crippen LogP contribution in [0.2, 0.25) is 5.02 Å². The molecule has 0 saturated carbocycles. The van der Waals surface area contributed by atoms with Crippen LogP contribution in [-0.4, -0.2) is 30.5 Å². The van der Waals surface area contributed by atoms with Crippen LogP contribution in [0.3, 0.4) is 0 Å². The van der Waals surface area contributed by atoms with Crippen molar-refractivity contribution in [1.29, 1.82) is 0 Å². The van der Waals surface area contributed by atoms with E-state index in [1.54, 1.807) is 6.07 Å². The minimum atomic E-state index is -4.49. The van der Waals surface area contributed by atoms with Crippen molar-refractivity contribution in [2.75, 3.05) is 5.32 Å². The molecule has 0 spiro atoms. The zero-order chi connectivity index (χ0) is 24.3. The Morgan fingerprint density at radius 1 is 1.09 bits per heavy atom. The number of hydrogen-bond acceptors (Lipinski definition) is 5. The van der Waals surface area contributed by atoms with Crippen molar-refractivity contribution in [1.82, 2.24) is 24.5 Å². The number of carbonyl (C=O) groups excluding carboxylic acids is 1. The molecule has 0 fully saturated rings. The lowest BCUT2D eigenvalue weighted by Crippen LogP contribution is -2.15. The van der Waals surface area contributed by atoms with Crippen LogP contribution in [0.5, 0.6) is 5.75 Å². The van der Waals surface area contributed by atoms with Gasteiger partial charge in [0.05, 0.1) is 12.1 Å². The average Bonchev–Trinajstić information content (AvgIpc) is 3.44. The van der Waals surface area contributed by atoms with Gasteiger partial charge < -0.3 is 4.74 Å². The maximum Gasteiger partial charge on any atom is 0.416 e. The summed E-state index contributed by atoms with van der Waals surface area (Å²) in [5.41, 5.74) is -0.609. The Hall–Kier alpha value is -3.93. The van der Waals surface area contributed by atoms with Gasteiger partial charge in [-0.1, -0.05) is 23.7 Å². The summed E-state index contributed by atoms with van der Waals surface area (Å²) in [6.07, 6.45) is -1.76. The Kier molecular flexibility index (Phi) is 6.50. The van der Waals surface area contributed by atoms with Gasteiger partial charge in [-0.25, -0.2) is 18.7 Å². The van der Waals surface area contributed by atoms with Crippen LogP contribution >= 0.6 is 11.6 Å². The molecule has 0 atom stereocenters. The molecule has 0 saturated heterocycles. The largest absolute Gasteiger partial charge is 0.471 e. The number of nitrogens with one attached hydrogen (secondary N) is 1. The number of anilines is 1. The third-order valence-corrected chi connectivity index (χ3v) is 4.90. The first-order valence-electron chi connectivity index (χ1n) is 9.66. The SMILES string of the molecule is O=C(Nc1ncn(Cc2c(F)cccc2Cl)n1)c1ccn(COc2cccc(C(F)(F)F)c2)n1. The van der Waals surface area contributed by atoms with Gasteiger partial charge in [-0.15, -0.1) is 5.10 Å². The molecule has 0 bridgehead atoms. The van der Waals surface area contributed by atoms with Crippen molar-refractivity contribution >= 4 is 23.5 Å². The molecule has 13 heteroatoms. The number of benzene rings is 2. The number of carbonyl (C=O) groups is 1. The van der Waals surface area contributed by atoms with E-state index in [1.807, 2.05) is 0 Å². The third kappa shape index (κ3) is 5.52. The quantitative estimate of drug-likeness (QED) is 0.379. The number of aromatic nitrogens is 5. The Labute approximate surface area is 194 Å². The number of amides is 1. The Morgan fingerprint density at radius 2 is 1.88 bits per heavy atom. The topological polar surface area (TPSA) is 86.9 Å². The van der Waals surface area contributed by atoms with Crippen molar-refractivity contribution < 1.29 is 27.1 Å². The van der Waals surface area contributed by atoms with E-state index in [0.717, 1.165) is 12.1 Å². The van der Waals surface area contributed by atoms with Crippen molar-refractivity contribution in [3.63, 3.8) is 0 Å². The van der Waals surface area contributed by atoms with E-state index in [1.165, 1.54) is 52.2 Å². The second-order valence-electron chi connectivity index (χ2n) is 6.96. The molecule has 0 unspecified atom stereocenters. The molecule has 0 radical (unpaired) electrons. The number of rotatable bonds is 7. The fraction of sp³-hybridized carbons (Fsp3) is 0.143. The number of hydrogen-bond donors (Lipinski definition) is 1. The predicted molar refractivity (Wildman–Crippen MR) is 113 cm³/mol. The van der Waals surface area contributed by atoms with E-state index in [9.17, 15) is 22.4 Å². The van der Waals surface area contributed by atoms with Gasteiger partial charge >= 0.3 is 6.18 Å². The predicted octanol–water partition coefficient (Wildman–Crippen LogP) is 4.62. The fourth-order valence-corrected chi connectivity index (χ4v) is 3.12. The first-order valence-corrected chi connectivity index (χ1v) is 10.0. The lowest BCUT2D eigenvalue weighted by Gasteiger charge is -2.10. The molecule has 1 N–H and O–H groups in total. The maximum absolute atomic E-state index is 13.9. The van der Waals surface area contributed by atoms with Gasteiger partial charge in [0.1, 0.15) is 17.9 Å². The molecular formula is C21H15ClF4N6O2. The molecule has 34 heavy (non-hydrogen) atoms. The van der Waals surface area contributed by atoms with Gasteiger partial charge in [0.25, 0.3) is 5.91 Å². The fourth-order valence-electron chi connectivity index (χ4n) is 2.90. The van der Waals surface area contributed by atoms with Crippen LogP contribution < -0.4 is 10.1 Å². The minimum Gasteiger partial charge on any atom is -0.471 e. The van der Waals surface area contributed by atoms with Crippen LogP contribution in [0.25, 0.3) is 0 Å². The summed E-state index contributed by atoms with van der Waals surface area (Å²) in [5.74, 6) is -1.15. The van der Waals surface area contributed by atoms with E-state index in [4.69, 9.17) is 16.3 Å². The Morgan fingerprint density at radius 3 is 2.65 bits per heavy atom. The molecule has 0 aliphatic heterocycles. The van der Waals surface area contributed by atoms with Gasteiger partial charge in [0.2, 0.25) is 5.95 Å². The average molecular weight is 495 g/mol. The first-order chi connectivity index (χ1) is 16.2. The first kappa shape index (κ1) is 23.2. The van der Waals surface area contributed by atoms with Crippen molar-refractivity contribution in [2.45, 2.75) is 19.5 Å². The van der Waals surface area contributed by atoms with Gasteiger partial charge in [-0.2, -0.15) is 18.3 Å². The molecule has 0 aliphatic carbocycles. The summed E-state index contributed by atoms with van der Waals surface area (Å²) in [4.78, 5) is 16.4. The van der Waals surface area contributed by atoms with E-state index in [-0.39, 0.29) is 41.3 Å². The lowest BCUT2D eigenvalue weighted by atomic mass is 10.2. The highest BCUT2D eigenvalue weighted by molar-refractivity contribution is 6.31. The smallest absolute Gasteiger partial charge is 0.416 e. The normalized spacial score (nSPS) is 11.4. The van der Waals surface area contributed by atoms with Crippen LogP contribution in [0.4, 0.5) is 23.5 Å². The highest BCUT2D eigenvalue weighted by atomic mass is 35.5. The van der Waals surface area contributed by atoms with E-state index >= 15 is 0 Å². The van der Waals surface area contributed by atoms with Crippen LogP contribution in [0.1, 0.15) is 21.6 Å².